The number of aromatic nitrogens is 2. The van der Waals surface area contributed by atoms with Gasteiger partial charge >= 0.3 is 12.0 Å². The first kappa shape index (κ1) is 19.4. The van der Waals surface area contributed by atoms with Gasteiger partial charge in [0.1, 0.15) is 0 Å². The molecule has 1 aliphatic heterocycles. The van der Waals surface area contributed by atoms with E-state index in [1.54, 1.807) is 23.1 Å². The molecule has 0 unspecified atom stereocenters. The number of esters is 1. The van der Waals surface area contributed by atoms with E-state index in [0.717, 1.165) is 16.8 Å². The maximum Gasteiger partial charge on any atom is 0.359 e. The van der Waals surface area contributed by atoms with Crippen molar-refractivity contribution >= 4 is 40.2 Å². The summed E-state index contributed by atoms with van der Waals surface area (Å²) in [5.74, 6) is -0.670. The van der Waals surface area contributed by atoms with Gasteiger partial charge in [-0.3, -0.25) is 9.89 Å². The smallest absolute Gasteiger partial charge is 0.359 e. The van der Waals surface area contributed by atoms with E-state index in [9.17, 15) is 14.4 Å². The fourth-order valence-electron chi connectivity index (χ4n) is 3.64. The standard InChI is InChI=1S/C21H21N5O4/c1-12(27)22-17-5-3-4-13-11-26(9-8-15(13)17)21(29)23-14-6-7-18-16(10-14)19(25-24-18)20(28)30-2/h3-7,10H,8-9,11H2,1-2H3,(H,22,27)(H,23,29)(H,24,25). The quantitative estimate of drug-likeness (QED) is 0.577. The molecule has 4 rings (SSSR count). The number of nitrogens with zero attached hydrogens (tertiary/aromatic N) is 2. The number of H-pyrrole nitrogens is 1. The molecule has 0 bridgehead atoms. The lowest BCUT2D eigenvalue weighted by atomic mass is 9.98. The number of aromatic amines is 1. The molecule has 2 aromatic carbocycles. The van der Waals surface area contributed by atoms with Gasteiger partial charge in [-0.05, 0) is 41.8 Å². The predicted molar refractivity (Wildman–Crippen MR) is 111 cm³/mol. The van der Waals surface area contributed by atoms with Crippen LogP contribution >= 0.6 is 0 Å². The molecule has 9 heteroatoms. The molecule has 30 heavy (non-hydrogen) atoms. The minimum Gasteiger partial charge on any atom is -0.464 e. The van der Waals surface area contributed by atoms with Crippen molar-refractivity contribution in [2.24, 2.45) is 0 Å². The Balaban J connectivity index is 1.51. The van der Waals surface area contributed by atoms with Crippen LogP contribution in [0.4, 0.5) is 16.2 Å². The second-order valence-corrected chi connectivity index (χ2v) is 7.05. The molecule has 2 heterocycles. The SMILES string of the molecule is COC(=O)c1n[nH]c2ccc(NC(=O)N3CCc4c(cccc4NC(C)=O)C3)cc12. The molecule has 0 spiro atoms. The summed E-state index contributed by atoms with van der Waals surface area (Å²) in [6, 6.07) is 10.6. The molecule has 3 amide bonds. The van der Waals surface area contributed by atoms with Gasteiger partial charge in [-0.2, -0.15) is 5.10 Å². The molecule has 0 saturated carbocycles. The van der Waals surface area contributed by atoms with Gasteiger partial charge in [0.05, 0.1) is 12.6 Å². The van der Waals surface area contributed by atoms with Gasteiger partial charge in [0.25, 0.3) is 0 Å². The molecular formula is C21H21N5O4. The van der Waals surface area contributed by atoms with E-state index in [4.69, 9.17) is 4.74 Å². The van der Waals surface area contributed by atoms with E-state index in [1.165, 1.54) is 14.0 Å². The van der Waals surface area contributed by atoms with Crippen LogP contribution in [-0.4, -0.2) is 46.7 Å². The molecule has 0 aliphatic carbocycles. The van der Waals surface area contributed by atoms with Crippen molar-refractivity contribution in [2.45, 2.75) is 19.9 Å². The van der Waals surface area contributed by atoms with Crippen molar-refractivity contribution in [1.29, 1.82) is 0 Å². The number of benzene rings is 2. The molecule has 154 valence electrons. The molecule has 9 nitrogen and oxygen atoms in total. The van der Waals surface area contributed by atoms with Gasteiger partial charge < -0.3 is 20.3 Å². The lowest BCUT2D eigenvalue weighted by Crippen LogP contribution is -2.39. The van der Waals surface area contributed by atoms with Crippen LogP contribution < -0.4 is 10.6 Å². The maximum atomic E-state index is 12.8. The number of carbonyl (C=O) groups is 3. The van der Waals surface area contributed by atoms with Gasteiger partial charge in [-0.1, -0.05) is 12.1 Å². The van der Waals surface area contributed by atoms with Crippen molar-refractivity contribution in [1.82, 2.24) is 15.1 Å². The molecular weight excluding hydrogens is 386 g/mol. The number of rotatable bonds is 3. The highest BCUT2D eigenvalue weighted by Crippen LogP contribution is 2.27. The largest absolute Gasteiger partial charge is 0.464 e. The summed E-state index contributed by atoms with van der Waals surface area (Å²) in [5.41, 5.74) is 4.24. The highest BCUT2D eigenvalue weighted by Gasteiger charge is 2.23. The first-order chi connectivity index (χ1) is 14.5. The fourth-order valence-corrected chi connectivity index (χ4v) is 3.64. The zero-order valence-electron chi connectivity index (χ0n) is 16.6. The Morgan fingerprint density at radius 3 is 2.77 bits per heavy atom. The summed E-state index contributed by atoms with van der Waals surface area (Å²) in [6.45, 7) is 2.44. The Bertz CT molecular complexity index is 1150. The lowest BCUT2D eigenvalue weighted by molar-refractivity contribution is -0.114. The van der Waals surface area contributed by atoms with E-state index in [1.807, 2.05) is 18.2 Å². The van der Waals surface area contributed by atoms with E-state index in [-0.39, 0.29) is 17.6 Å². The first-order valence-corrected chi connectivity index (χ1v) is 9.47. The topological polar surface area (TPSA) is 116 Å². The number of hydrogen-bond donors (Lipinski definition) is 3. The van der Waals surface area contributed by atoms with E-state index < -0.39 is 5.97 Å². The minimum atomic E-state index is -0.549. The number of amides is 3. The summed E-state index contributed by atoms with van der Waals surface area (Å²) >= 11 is 0. The molecule has 0 radical (unpaired) electrons. The molecule has 1 aliphatic rings. The van der Waals surface area contributed by atoms with Crippen LogP contribution in [-0.2, 0) is 22.5 Å². The number of ether oxygens (including phenoxy) is 1. The van der Waals surface area contributed by atoms with E-state index in [0.29, 0.717) is 36.1 Å². The third kappa shape index (κ3) is 3.69. The minimum absolute atomic E-state index is 0.121. The van der Waals surface area contributed by atoms with Gasteiger partial charge in [-0.25, -0.2) is 9.59 Å². The van der Waals surface area contributed by atoms with Crippen molar-refractivity contribution < 1.29 is 19.1 Å². The average molecular weight is 407 g/mol. The molecule has 1 aromatic heterocycles. The Hall–Kier alpha value is -3.88. The second-order valence-electron chi connectivity index (χ2n) is 7.05. The summed E-state index contributed by atoms with van der Waals surface area (Å²) in [5, 5.41) is 13.0. The molecule has 0 atom stereocenters. The first-order valence-electron chi connectivity index (χ1n) is 9.47. The molecule has 3 aromatic rings. The number of methoxy groups -OCH3 is 1. The number of urea groups is 1. The monoisotopic (exact) mass is 407 g/mol. The Labute approximate surface area is 172 Å². The van der Waals surface area contributed by atoms with Crippen LogP contribution in [0.2, 0.25) is 0 Å². The van der Waals surface area contributed by atoms with Crippen molar-refractivity contribution in [2.75, 3.05) is 24.3 Å². The Kier molecular flexibility index (Phi) is 5.09. The zero-order chi connectivity index (χ0) is 21.3. The van der Waals surface area contributed by atoms with Crippen molar-refractivity contribution in [3.05, 3.63) is 53.2 Å². The van der Waals surface area contributed by atoms with Crippen LogP contribution in [0.25, 0.3) is 10.9 Å². The van der Waals surface area contributed by atoms with Gasteiger partial charge in [0.2, 0.25) is 5.91 Å². The summed E-state index contributed by atoms with van der Waals surface area (Å²) in [4.78, 5) is 37.8. The van der Waals surface area contributed by atoms with E-state index in [2.05, 4.69) is 20.8 Å². The zero-order valence-corrected chi connectivity index (χ0v) is 16.6. The Morgan fingerprint density at radius 1 is 1.17 bits per heavy atom. The normalized spacial score (nSPS) is 12.9. The van der Waals surface area contributed by atoms with Gasteiger partial charge in [-0.15, -0.1) is 0 Å². The summed E-state index contributed by atoms with van der Waals surface area (Å²) < 4.78 is 4.74. The highest BCUT2D eigenvalue weighted by atomic mass is 16.5. The maximum absolute atomic E-state index is 12.8. The number of carbonyl (C=O) groups excluding carboxylic acids is 3. The van der Waals surface area contributed by atoms with Crippen LogP contribution in [0.5, 0.6) is 0 Å². The molecule has 3 N–H and O–H groups in total. The summed E-state index contributed by atoms with van der Waals surface area (Å²) in [6.07, 6.45) is 0.645. The van der Waals surface area contributed by atoms with Crippen molar-refractivity contribution in [3.63, 3.8) is 0 Å². The van der Waals surface area contributed by atoms with Gasteiger partial charge in [0.15, 0.2) is 5.69 Å². The third-order valence-corrected chi connectivity index (χ3v) is 5.06. The Morgan fingerprint density at radius 2 is 2.00 bits per heavy atom. The van der Waals surface area contributed by atoms with Crippen LogP contribution in [0.1, 0.15) is 28.5 Å². The van der Waals surface area contributed by atoms with Crippen molar-refractivity contribution in [3.8, 4) is 0 Å². The van der Waals surface area contributed by atoms with Crippen LogP contribution in [0.15, 0.2) is 36.4 Å². The van der Waals surface area contributed by atoms with Crippen LogP contribution in [0, 0.1) is 0 Å². The number of hydrogen-bond acceptors (Lipinski definition) is 5. The number of fused-ring (bicyclic) bond motifs is 2. The summed E-state index contributed by atoms with van der Waals surface area (Å²) in [7, 11) is 1.29. The highest BCUT2D eigenvalue weighted by molar-refractivity contribution is 6.03. The fraction of sp³-hybridized carbons (Fsp3) is 0.238. The van der Waals surface area contributed by atoms with Crippen LogP contribution in [0.3, 0.4) is 0 Å². The number of anilines is 2. The third-order valence-electron chi connectivity index (χ3n) is 5.06. The molecule has 0 saturated heterocycles. The predicted octanol–water partition coefficient (Wildman–Crippen LogP) is 2.90. The lowest BCUT2D eigenvalue weighted by Gasteiger charge is -2.30. The van der Waals surface area contributed by atoms with E-state index >= 15 is 0 Å². The second kappa shape index (κ2) is 7.86. The molecule has 0 fully saturated rings. The average Bonchev–Trinajstić information content (AvgIpc) is 3.16. The number of nitrogens with one attached hydrogen (secondary N) is 3. The van der Waals surface area contributed by atoms with Gasteiger partial charge in [0, 0.05) is 36.8 Å².